The van der Waals surface area contributed by atoms with Crippen molar-refractivity contribution in [1.29, 1.82) is 0 Å². The first kappa shape index (κ1) is 12.5. The van der Waals surface area contributed by atoms with Crippen molar-refractivity contribution in [2.24, 2.45) is 0 Å². The topological polar surface area (TPSA) is 49.7 Å². The summed E-state index contributed by atoms with van der Waals surface area (Å²) in [6, 6.07) is 14.1. The van der Waals surface area contributed by atoms with Crippen molar-refractivity contribution in [2.75, 3.05) is 6.61 Å². The van der Waals surface area contributed by atoms with Gasteiger partial charge in [-0.2, -0.15) is 0 Å². The first-order valence-corrected chi connectivity index (χ1v) is 5.81. The molecule has 0 saturated carbocycles. The molecule has 1 atom stereocenters. The van der Waals surface area contributed by atoms with Gasteiger partial charge in [0.1, 0.15) is 24.2 Å². The van der Waals surface area contributed by atoms with E-state index in [-0.39, 0.29) is 12.4 Å². The van der Waals surface area contributed by atoms with E-state index in [0.717, 1.165) is 11.1 Å². The highest BCUT2D eigenvalue weighted by Crippen LogP contribution is 2.19. The number of hydrogen-bond acceptors (Lipinski definition) is 3. The Morgan fingerprint density at radius 3 is 2.50 bits per heavy atom. The van der Waals surface area contributed by atoms with Gasteiger partial charge in [-0.3, -0.25) is 0 Å². The molecule has 0 saturated heterocycles. The Labute approximate surface area is 106 Å². The van der Waals surface area contributed by atoms with Gasteiger partial charge in [-0.1, -0.05) is 29.8 Å². The van der Waals surface area contributed by atoms with Gasteiger partial charge in [0.2, 0.25) is 0 Å². The highest BCUT2D eigenvalue weighted by Gasteiger charge is 2.08. The molecular weight excluding hydrogens is 228 g/mol. The number of phenols is 1. The Morgan fingerprint density at radius 1 is 1.11 bits per heavy atom. The highest BCUT2D eigenvalue weighted by atomic mass is 16.5. The third-order valence-corrected chi connectivity index (χ3v) is 2.67. The summed E-state index contributed by atoms with van der Waals surface area (Å²) in [6.07, 6.45) is -0.654. The lowest BCUT2D eigenvalue weighted by molar-refractivity contribution is 0.108. The van der Waals surface area contributed by atoms with Crippen LogP contribution in [-0.4, -0.2) is 16.8 Å². The van der Waals surface area contributed by atoms with E-state index in [4.69, 9.17) is 9.84 Å². The summed E-state index contributed by atoms with van der Waals surface area (Å²) in [5.74, 6) is 0.820. The van der Waals surface area contributed by atoms with Crippen LogP contribution in [0, 0.1) is 6.92 Å². The molecule has 2 aromatic carbocycles. The van der Waals surface area contributed by atoms with Crippen LogP contribution in [0.2, 0.25) is 0 Å². The van der Waals surface area contributed by atoms with Crippen molar-refractivity contribution >= 4 is 0 Å². The van der Waals surface area contributed by atoms with Gasteiger partial charge in [0.15, 0.2) is 0 Å². The predicted molar refractivity (Wildman–Crippen MR) is 69.7 cm³/mol. The molecule has 0 radical (unpaired) electrons. The second kappa shape index (κ2) is 5.56. The molecule has 2 rings (SSSR count). The van der Waals surface area contributed by atoms with Crippen molar-refractivity contribution in [2.45, 2.75) is 13.0 Å². The summed E-state index contributed by atoms with van der Waals surface area (Å²) in [5.41, 5.74) is 1.95. The zero-order valence-electron chi connectivity index (χ0n) is 10.2. The minimum Gasteiger partial charge on any atom is -0.508 e. The van der Waals surface area contributed by atoms with Crippen molar-refractivity contribution in [3.63, 3.8) is 0 Å². The van der Waals surface area contributed by atoms with Crippen LogP contribution < -0.4 is 4.74 Å². The van der Waals surface area contributed by atoms with Gasteiger partial charge < -0.3 is 14.9 Å². The van der Waals surface area contributed by atoms with Crippen molar-refractivity contribution < 1.29 is 14.9 Å². The molecule has 3 heteroatoms. The van der Waals surface area contributed by atoms with Gasteiger partial charge in [0.25, 0.3) is 0 Å². The van der Waals surface area contributed by atoms with Crippen LogP contribution in [0.4, 0.5) is 0 Å². The molecule has 0 aliphatic carbocycles. The van der Waals surface area contributed by atoms with Crippen LogP contribution in [0.15, 0.2) is 48.5 Å². The molecule has 2 N–H and O–H groups in total. The number of phenolic OH excluding ortho intramolecular Hbond substituents is 1. The van der Waals surface area contributed by atoms with Gasteiger partial charge in [-0.15, -0.1) is 0 Å². The largest absolute Gasteiger partial charge is 0.508 e. The summed E-state index contributed by atoms with van der Waals surface area (Å²) < 4.78 is 5.46. The van der Waals surface area contributed by atoms with Crippen LogP contribution >= 0.6 is 0 Å². The normalized spacial score (nSPS) is 12.1. The smallest absolute Gasteiger partial charge is 0.119 e. The van der Waals surface area contributed by atoms with E-state index >= 15 is 0 Å². The summed E-state index contributed by atoms with van der Waals surface area (Å²) in [6.45, 7) is 2.17. The maximum absolute atomic E-state index is 9.99. The molecule has 1 unspecified atom stereocenters. The van der Waals surface area contributed by atoms with Crippen molar-refractivity contribution in [3.8, 4) is 11.5 Å². The Bertz CT molecular complexity index is 505. The van der Waals surface area contributed by atoms with Crippen LogP contribution in [0.5, 0.6) is 11.5 Å². The van der Waals surface area contributed by atoms with E-state index in [0.29, 0.717) is 5.75 Å². The predicted octanol–water partition coefficient (Wildman–Crippen LogP) is 2.81. The molecule has 0 spiro atoms. The van der Waals surface area contributed by atoms with E-state index in [1.807, 2.05) is 31.2 Å². The molecule has 0 amide bonds. The number of rotatable bonds is 4. The standard InChI is InChI=1S/C15H16O3/c1-11-3-2-4-12(9-11)15(17)10-18-14-7-5-13(16)6-8-14/h2-9,15-17H,10H2,1H3. The zero-order valence-corrected chi connectivity index (χ0v) is 10.2. The van der Waals surface area contributed by atoms with E-state index < -0.39 is 6.10 Å². The molecule has 0 aliphatic heterocycles. The number of hydrogen-bond donors (Lipinski definition) is 2. The second-order valence-electron chi connectivity index (χ2n) is 4.23. The fraction of sp³-hybridized carbons (Fsp3) is 0.200. The summed E-state index contributed by atoms with van der Waals surface area (Å²) >= 11 is 0. The van der Waals surface area contributed by atoms with Gasteiger partial charge in [0, 0.05) is 0 Å². The monoisotopic (exact) mass is 244 g/mol. The Morgan fingerprint density at radius 2 is 1.83 bits per heavy atom. The maximum atomic E-state index is 9.99. The Balaban J connectivity index is 1.96. The minimum atomic E-state index is -0.654. The third-order valence-electron chi connectivity index (χ3n) is 2.67. The minimum absolute atomic E-state index is 0.189. The second-order valence-corrected chi connectivity index (χ2v) is 4.23. The van der Waals surface area contributed by atoms with E-state index in [1.54, 1.807) is 24.3 Å². The molecule has 0 heterocycles. The van der Waals surface area contributed by atoms with E-state index in [2.05, 4.69) is 0 Å². The first-order chi connectivity index (χ1) is 8.65. The third kappa shape index (κ3) is 3.25. The Hall–Kier alpha value is -2.00. The molecular formula is C15H16O3. The quantitative estimate of drug-likeness (QED) is 0.869. The number of aromatic hydroxyl groups is 1. The van der Waals surface area contributed by atoms with Crippen LogP contribution in [0.3, 0.4) is 0 Å². The highest BCUT2D eigenvalue weighted by molar-refractivity contribution is 5.30. The summed E-state index contributed by atoms with van der Waals surface area (Å²) in [7, 11) is 0. The van der Waals surface area contributed by atoms with Gasteiger partial charge in [0.05, 0.1) is 0 Å². The number of aryl methyl sites for hydroxylation is 1. The molecule has 0 fully saturated rings. The first-order valence-electron chi connectivity index (χ1n) is 5.81. The lowest BCUT2D eigenvalue weighted by Gasteiger charge is -2.13. The van der Waals surface area contributed by atoms with Crippen molar-refractivity contribution in [1.82, 2.24) is 0 Å². The van der Waals surface area contributed by atoms with E-state index in [1.165, 1.54) is 0 Å². The number of ether oxygens (including phenoxy) is 1. The summed E-state index contributed by atoms with van der Waals surface area (Å²) in [5, 5.41) is 19.1. The van der Waals surface area contributed by atoms with Gasteiger partial charge >= 0.3 is 0 Å². The number of aliphatic hydroxyl groups excluding tert-OH is 1. The fourth-order valence-electron chi connectivity index (χ4n) is 1.69. The molecule has 94 valence electrons. The Kier molecular flexibility index (Phi) is 3.85. The summed E-state index contributed by atoms with van der Waals surface area (Å²) in [4.78, 5) is 0. The SMILES string of the molecule is Cc1cccc(C(O)COc2ccc(O)cc2)c1. The van der Waals surface area contributed by atoms with Crippen LogP contribution in [0.1, 0.15) is 17.2 Å². The number of benzene rings is 2. The lowest BCUT2D eigenvalue weighted by Crippen LogP contribution is -2.09. The molecule has 0 bridgehead atoms. The molecule has 3 nitrogen and oxygen atoms in total. The van der Waals surface area contributed by atoms with Gasteiger partial charge in [-0.05, 0) is 36.8 Å². The molecule has 0 aliphatic rings. The lowest BCUT2D eigenvalue weighted by atomic mass is 10.1. The maximum Gasteiger partial charge on any atom is 0.119 e. The zero-order chi connectivity index (χ0) is 13.0. The molecule has 0 aromatic heterocycles. The average molecular weight is 244 g/mol. The van der Waals surface area contributed by atoms with Crippen LogP contribution in [0.25, 0.3) is 0 Å². The average Bonchev–Trinajstić information content (AvgIpc) is 2.38. The molecule has 18 heavy (non-hydrogen) atoms. The molecule has 2 aromatic rings. The fourth-order valence-corrected chi connectivity index (χ4v) is 1.69. The van der Waals surface area contributed by atoms with Crippen molar-refractivity contribution in [3.05, 3.63) is 59.7 Å². The number of aliphatic hydroxyl groups is 1. The van der Waals surface area contributed by atoms with Crippen LogP contribution in [-0.2, 0) is 0 Å². The van der Waals surface area contributed by atoms with E-state index in [9.17, 15) is 5.11 Å². The van der Waals surface area contributed by atoms with Gasteiger partial charge in [-0.25, -0.2) is 0 Å².